The van der Waals surface area contributed by atoms with Gasteiger partial charge in [-0.05, 0) is 31.6 Å². The zero-order valence-corrected chi connectivity index (χ0v) is 10.7. The van der Waals surface area contributed by atoms with E-state index in [0.717, 1.165) is 13.0 Å². The number of halogens is 1. The third kappa shape index (κ3) is 3.38. The molecule has 1 N–H and O–H groups in total. The van der Waals surface area contributed by atoms with E-state index in [9.17, 15) is 4.79 Å². The quantitative estimate of drug-likeness (QED) is 0.739. The summed E-state index contributed by atoms with van der Waals surface area (Å²) in [6.45, 7) is 0.794. The van der Waals surface area contributed by atoms with Crippen LogP contribution in [0, 0.1) is 11.3 Å². The average Bonchev–Trinajstić information content (AvgIpc) is 3.09. The van der Waals surface area contributed by atoms with Crippen LogP contribution in [0.15, 0.2) is 0 Å². The normalized spacial score (nSPS) is 24.1. The fourth-order valence-electron chi connectivity index (χ4n) is 2.55. The largest absolute Gasteiger partial charge is 0.355 e. The predicted octanol–water partition coefficient (Wildman–Crippen LogP) is 3.09. The van der Waals surface area contributed by atoms with E-state index in [0.29, 0.717) is 11.8 Å². The molecule has 0 atom stereocenters. The Morgan fingerprint density at radius 2 is 1.94 bits per heavy atom. The summed E-state index contributed by atoms with van der Waals surface area (Å²) in [7, 11) is 0. The Morgan fingerprint density at radius 3 is 2.50 bits per heavy atom. The number of carbonyl (C=O) groups is 1. The van der Waals surface area contributed by atoms with Crippen molar-refractivity contribution in [2.75, 3.05) is 12.4 Å². The maximum absolute atomic E-state index is 11.7. The van der Waals surface area contributed by atoms with Gasteiger partial charge in [-0.25, -0.2) is 0 Å². The Labute approximate surface area is 103 Å². The van der Waals surface area contributed by atoms with Crippen molar-refractivity contribution < 1.29 is 4.79 Å². The second kappa shape index (κ2) is 5.39. The van der Waals surface area contributed by atoms with Crippen LogP contribution in [0.5, 0.6) is 0 Å². The molecular formula is C13H22ClNO. The Bertz CT molecular complexity index is 244. The van der Waals surface area contributed by atoms with Gasteiger partial charge in [0.05, 0.1) is 0 Å². The van der Waals surface area contributed by atoms with Gasteiger partial charge >= 0.3 is 0 Å². The van der Waals surface area contributed by atoms with Gasteiger partial charge in [0, 0.05) is 24.3 Å². The maximum atomic E-state index is 11.7. The molecular weight excluding hydrogens is 222 g/mol. The zero-order valence-electron chi connectivity index (χ0n) is 9.93. The van der Waals surface area contributed by atoms with Gasteiger partial charge in [0.1, 0.15) is 0 Å². The molecule has 2 nitrogen and oxygen atoms in total. The maximum Gasteiger partial charge on any atom is 0.220 e. The van der Waals surface area contributed by atoms with E-state index in [1.165, 1.54) is 44.9 Å². The van der Waals surface area contributed by atoms with Crippen molar-refractivity contribution in [3.63, 3.8) is 0 Å². The number of nitrogens with one attached hydrogen (secondary N) is 1. The average molecular weight is 244 g/mol. The van der Waals surface area contributed by atoms with Crippen LogP contribution >= 0.6 is 11.6 Å². The fraction of sp³-hybridized carbons (Fsp3) is 0.923. The van der Waals surface area contributed by atoms with E-state index in [4.69, 9.17) is 11.6 Å². The first kappa shape index (κ1) is 12.2. The molecule has 0 heterocycles. The highest BCUT2D eigenvalue weighted by atomic mass is 35.5. The van der Waals surface area contributed by atoms with Crippen LogP contribution in [0.3, 0.4) is 0 Å². The molecule has 2 rings (SSSR count). The van der Waals surface area contributed by atoms with Gasteiger partial charge in [-0.3, -0.25) is 4.79 Å². The van der Waals surface area contributed by atoms with E-state index in [-0.39, 0.29) is 11.3 Å². The highest BCUT2D eigenvalue weighted by Crippen LogP contribution is 2.45. The third-order valence-corrected chi connectivity index (χ3v) is 4.67. The van der Waals surface area contributed by atoms with E-state index in [1.54, 1.807) is 0 Å². The molecule has 2 aliphatic rings. The lowest BCUT2D eigenvalue weighted by atomic mass is 9.87. The summed E-state index contributed by atoms with van der Waals surface area (Å²) in [5, 5.41) is 3.06. The summed E-state index contributed by atoms with van der Waals surface area (Å²) >= 11 is 5.88. The van der Waals surface area contributed by atoms with Gasteiger partial charge in [0.25, 0.3) is 0 Å². The van der Waals surface area contributed by atoms with E-state index >= 15 is 0 Å². The number of hydrogen-bond donors (Lipinski definition) is 1. The SMILES string of the molecule is O=C(CC1CCCCC1)NCC1(CCl)CC1. The Hall–Kier alpha value is -0.240. The van der Waals surface area contributed by atoms with Crippen molar-refractivity contribution in [3.8, 4) is 0 Å². The molecule has 0 aromatic rings. The molecule has 0 unspecified atom stereocenters. The lowest BCUT2D eigenvalue weighted by molar-refractivity contribution is -0.122. The fourth-order valence-corrected chi connectivity index (χ4v) is 2.91. The summed E-state index contributed by atoms with van der Waals surface area (Å²) < 4.78 is 0. The van der Waals surface area contributed by atoms with Crippen LogP contribution in [-0.4, -0.2) is 18.3 Å². The lowest BCUT2D eigenvalue weighted by Gasteiger charge is -2.21. The van der Waals surface area contributed by atoms with Crippen molar-refractivity contribution >= 4 is 17.5 Å². The summed E-state index contributed by atoms with van der Waals surface area (Å²) in [5.41, 5.74) is 0.254. The highest BCUT2D eigenvalue weighted by Gasteiger charge is 2.41. The van der Waals surface area contributed by atoms with E-state index < -0.39 is 0 Å². The monoisotopic (exact) mass is 243 g/mol. The second-order valence-corrected chi connectivity index (χ2v) is 5.89. The van der Waals surface area contributed by atoms with Crippen LogP contribution in [-0.2, 0) is 4.79 Å². The minimum absolute atomic E-state index is 0.239. The van der Waals surface area contributed by atoms with Crippen LogP contribution in [0.1, 0.15) is 51.4 Å². The number of alkyl halides is 1. The lowest BCUT2D eigenvalue weighted by Crippen LogP contribution is -2.32. The summed E-state index contributed by atoms with van der Waals surface area (Å²) in [4.78, 5) is 11.7. The molecule has 0 radical (unpaired) electrons. The van der Waals surface area contributed by atoms with Gasteiger partial charge < -0.3 is 5.32 Å². The zero-order chi connectivity index (χ0) is 11.4. The topological polar surface area (TPSA) is 29.1 Å². The highest BCUT2D eigenvalue weighted by molar-refractivity contribution is 6.18. The third-order valence-electron chi connectivity index (χ3n) is 4.10. The van der Waals surface area contributed by atoms with Crippen molar-refractivity contribution in [2.45, 2.75) is 51.4 Å². The Morgan fingerprint density at radius 1 is 1.25 bits per heavy atom. The second-order valence-electron chi connectivity index (χ2n) is 5.62. The van der Waals surface area contributed by atoms with Gasteiger partial charge in [-0.1, -0.05) is 19.3 Å². The first-order chi connectivity index (χ1) is 7.74. The molecule has 2 aliphatic carbocycles. The molecule has 0 spiro atoms. The van der Waals surface area contributed by atoms with Crippen LogP contribution in [0.25, 0.3) is 0 Å². The summed E-state index contributed by atoms with van der Waals surface area (Å²) in [5.74, 6) is 1.57. The molecule has 1 amide bonds. The molecule has 0 aliphatic heterocycles. The standard InChI is InChI=1S/C13H22ClNO/c14-9-13(6-7-13)10-15-12(16)8-11-4-2-1-3-5-11/h11H,1-10H2,(H,15,16). The molecule has 3 heteroatoms. The first-order valence-electron chi connectivity index (χ1n) is 6.57. The van der Waals surface area contributed by atoms with Crippen molar-refractivity contribution in [1.29, 1.82) is 0 Å². The first-order valence-corrected chi connectivity index (χ1v) is 7.10. The Balaban J connectivity index is 1.64. The molecule has 16 heavy (non-hydrogen) atoms. The van der Waals surface area contributed by atoms with E-state index in [2.05, 4.69) is 5.32 Å². The predicted molar refractivity (Wildman–Crippen MR) is 66.6 cm³/mol. The van der Waals surface area contributed by atoms with Crippen LogP contribution < -0.4 is 5.32 Å². The minimum Gasteiger partial charge on any atom is -0.355 e. The van der Waals surface area contributed by atoms with Crippen LogP contribution in [0.4, 0.5) is 0 Å². The van der Waals surface area contributed by atoms with E-state index in [1.807, 2.05) is 0 Å². The Kier molecular flexibility index (Phi) is 4.12. The van der Waals surface area contributed by atoms with Crippen LogP contribution in [0.2, 0.25) is 0 Å². The molecule has 92 valence electrons. The molecule has 0 aromatic carbocycles. The summed E-state index contributed by atoms with van der Waals surface area (Å²) in [6.07, 6.45) is 9.56. The molecule has 0 saturated heterocycles. The van der Waals surface area contributed by atoms with Gasteiger partial charge in [-0.2, -0.15) is 0 Å². The van der Waals surface area contributed by atoms with Crippen molar-refractivity contribution in [1.82, 2.24) is 5.32 Å². The van der Waals surface area contributed by atoms with Gasteiger partial charge in [-0.15, -0.1) is 11.6 Å². The van der Waals surface area contributed by atoms with Crippen molar-refractivity contribution in [3.05, 3.63) is 0 Å². The number of carbonyl (C=O) groups excluding carboxylic acids is 1. The molecule has 0 bridgehead atoms. The smallest absolute Gasteiger partial charge is 0.220 e. The van der Waals surface area contributed by atoms with Gasteiger partial charge in [0.15, 0.2) is 0 Å². The number of amides is 1. The number of hydrogen-bond acceptors (Lipinski definition) is 1. The van der Waals surface area contributed by atoms with Gasteiger partial charge in [0.2, 0.25) is 5.91 Å². The minimum atomic E-state index is 0.239. The molecule has 0 aromatic heterocycles. The molecule has 2 saturated carbocycles. The number of rotatable bonds is 5. The summed E-state index contributed by atoms with van der Waals surface area (Å²) in [6, 6.07) is 0. The molecule has 2 fully saturated rings. The van der Waals surface area contributed by atoms with Crippen molar-refractivity contribution in [2.24, 2.45) is 11.3 Å².